The first-order valence-corrected chi connectivity index (χ1v) is 11.3. The number of hydrogen-bond acceptors (Lipinski definition) is 5. The molecule has 3 N–H and O–H groups in total. The van der Waals surface area contributed by atoms with Gasteiger partial charge in [0.2, 0.25) is 0 Å². The fraction of sp³-hybridized carbons (Fsp3) is 0.520. The number of unbranched alkanes of at least 4 members (excludes halogenated alkanes) is 2. The molecule has 3 atom stereocenters. The van der Waals surface area contributed by atoms with Crippen molar-refractivity contribution in [1.29, 1.82) is 0 Å². The van der Waals surface area contributed by atoms with Gasteiger partial charge >= 0.3 is 6.18 Å². The van der Waals surface area contributed by atoms with E-state index in [1.807, 2.05) is 17.0 Å². The molecule has 0 aromatic heterocycles. The third-order valence-corrected chi connectivity index (χ3v) is 6.14. The summed E-state index contributed by atoms with van der Waals surface area (Å²) in [6.07, 6.45) is -2.80. The molecule has 0 aliphatic carbocycles. The lowest BCUT2D eigenvalue weighted by atomic mass is 9.96. The van der Waals surface area contributed by atoms with Gasteiger partial charge in [0.05, 0.1) is 37.0 Å². The molecule has 5 nitrogen and oxygen atoms in total. The Kier molecular flexibility index (Phi) is 9.28. The zero-order chi connectivity index (χ0) is 23.8. The largest absolute Gasteiger partial charge is 0.416 e. The Hall–Kier alpha value is -1.97. The van der Waals surface area contributed by atoms with Gasteiger partial charge in [0.25, 0.3) is 0 Å². The molecular weight excluding hydrogens is 435 g/mol. The molecule has 33 heavy (non-hydrogen) atoms. The van der Waals surface area contributed by atoms with Crippen LogP contribution >= 0.6 is 0 Å². The number of hydrogen-bond donors (Lipinski definition) is 3. The highest BCUT2D eigenvalue weighted by atomic mass is 19.4. The third kappa shape index (κ3) is 7.25. The Morgan fingerprint density at radius 1 is 0.970 bits per heavy atom. The van der Waals surface area contributed by atoms with Crippen LogP contribution in [0.5, 0.6) is 0 Å². The van der Waals surface area contributed by atoms with Crippen molar-refractivity contribution in [2.24, 2.45) is 0 Å². The second kappa shape index (κ2) is 11.9. The van der Waals surface area contributed by atoms with Gasteiger partial charge in [0.15, 0.2) is 0 Å². The van der Waals surface area contributed by atoms with Gasteiger partial charge in [-0.3, -0.25) is 4.90 Å². The van der Waals surface area contributed by atoms with Crippen LogP contribution < -0.4 is 0 Å². The van der Waals surface area contributed by atoms with Crippen LogP contribution in [-0.2, 0) is 17.5 Å². The SMILES string of the molecule is OC[C@H]1[C@@H](O)[C@H](O)CCN1CCCCCOCc1ccc(-c2cccc(C(F)(F)F)c2)cc1. The molecule has 0 spiro atoms. The maximum absolute atomic E-state index is 12.9. The van der Waals surface area contributed by atoms with E-state index < -0.39 is 30.0 Å². The summed E-state index contributed by atoms with van der Waals surface area (Å²) in [5.74, 6) is 0. The summed E-state index contributed by atoms with van der Waals surface area (Å²) in [6.45, 7) is 2.28. The summed E-state index contributed by atoms with van der Waals surface area (Å²) in [4.78, 5) is 2.03. The number of aliphatic hydroxyl groups is 3. The van der Waals surface area contributed by atoms with E-state index in [4.69, 9.17) is 4.74 Å². The first kappa shape index (κ1) is 25.6. The van der Waals surface area contributed by atoms with E-state index in [0.717, 1.165) is 49.1 Å². The number of aliphatic hydroxyl groups excluding tert-OH is 3. The first-order chi connectivity index (χ1) is 15.8. The van der Waals surface area contributed by atoms with Crippen molar-refractivity contribution in [1.82, 2.24) is 4.90 Å². The molecule has 1 heterocycles. The maximum atomic E-state index is 12.9. The van der Waals surface area contributed by atoms with Crippen molar-refractivity contribution < 1.29 is 33.2 Å². The van der Waals surface area contributed by atoms with E-state index in [1.54, 1.807) is 18.2 Å². The Balaban J connectivity index is 1.35. The number of ether oxygens (including phenoxy) is 1. The Bertz CT molecular complexity index is 859. The zero-order valence-corrected chi connectivity index (χ0v) is 18.5. The maximum Gasteiger partial charge on any atom is 0.416 e. The minimum Gasteiger partial charge on any atom is -0.395 e. The molecule has 8 heteroatoms. The number of piperidine rings is 1. The summed E-state index contributed by atoms with van der Waals surface area (Å²) in [6, 6.07) is 12.2. The van der Waals surface area contributed by atoms with Crippen LogP contribution in [0.2, 0.25) is 0 Å². The van der Waals surface area contributed by atoms with Crippen molar-refractivity contribution in [2.45, 2.75) is 56.7 Å². The topological polar surface area (TPSA) is 73.2 Å². The molecular formula is C25H32F3NO4. The lowest BCUT2D eigenvalue weighted by Gasteiger charge is -2.40. The fourth-order valence-electron chi connectivity index (χ4n) is 4.16. The molecule has 1 fully saturated rings. The predicted octanol–water partition coefficient (Wildman–Crippen LogP) is 3.85. The second-order valence-electron chi connectivity index (χ2n) is 8.52. The summed E-state index contributed by atoms with van der Waals surface area (Å²) in [5, 5.41) is 29.2. The highest BCUT2D eigenvalue weighted by Crippen LogP contribution is 2.32. The third-order valence-electron chi connectivity index (χ3n) is 6.14. The molecule has 0 radical (unpaired) electrons. The molecule has 0 bridgehead atoms. The highest BCUT2D eigenvalue weighted by Gasteiger charge is 2.35. The number of benzene rings is 2. The molecule has 1 aliphatic heterocycles. The first-order valence-electron chi connectivity index (χ1n) is 11.3. The van der Waals surface area contributed by atoms with Crippen molar-refractivity contribution in [3.63, 3.8) is 0 Å². The molecule has 2 aromatic rings. The molecule has 1 saturated heterocycles. The normalized spacial score (nSPS) is 21.9. The summed E-state index contributed by atoms with van der Waals surface area (Å²) in [5.41, 5.74) is 1.54. The minimum absolute atomic E-state index is 0.173. The lowest BCUT2D eigenvalue weighted by Crippen LogP contribution is -2.56. The van der Waals surface area contributed by atoms with Gasteiger partial charge in [-0.2, -0.15) is 13.2 Å². The minimum atomic E-state index is -4.36. The van der Waals surface area contributed by atoms with E-state index in [-0.39, 0.29) is 6.61 Å². The van der Waals surface area contributed by atoms with E-state index in [0.29, 0.717) is 31.7 Å². The van der Waals surface area contributed by atoms with Crippen LogP contribution in [0.3, 0.4) is 0 Å². The fourth-order valence-corrected chi connectivity index (χ4v) is 4.16. The molecule has 0 saturated carbocycles. The van der Waals surface area contributed by atoms with Crippen LogP contribution in [0.1, 0.15) is 36.8 Å². The van der Waals surface area contributed by atoms with Gasteiger partial charge < -0.3 is 20.1 Å². The van der Waals surface area contributed by atoms with Crippen LogP contribution in [0, 0.1) is 0 Å². The van der Waals surface area contributed by atoms with Gasteiger partial charge in [-0.25, -0.2) is 0 Å². The summed E-state index contributed by atoms with van der Waals surface area (Å²) < 4.78 is 44.4. The van der Waals surface area contributed by atoms with Gasteiger partial charge in [0.1, 0.15) is 0 Å². The summed E-state index contributed by atoms with van der Waals surface area (Å²) in [7, 11) is 0. The Morgan fingerprint density at radius 2 is 1.73 bits per heavy atom. The second-order valence-corrected chi connectivity index (χ2v) is 8.52. The molecule has 0 amide bonds. The molecule has 182 valence electrons. The smallest absolute Gasteiger partial charge is 0.395 e. The lowest BCUT2D eigenvalue weighted by molar-refractivity contribution is -0.137. The van der Waals surface area contributed by atoms with E-state index >= 15 is 0 Å². The van der Waals surface area contributed by atoms with Crippen molar-refractivity contribution in [3.8, 4) is 11.1 Å². The van der Waals surface area contributed by atoms with Crippen molar-refractivity contribution in [2.75, 3.05) is 26.3 Å². The predicted molar refractivity (Wildman–Crippen MR) is 119 cm³/mol. The Labute approximate surface area is 192 Å². The van der Waals surface area contributed by atoms with Gasteiger partial charge in [0, 0.05) is 13.2 Å². The molecule has 1 aliphatic rings. The van der Waals surface area contributed by atoms with Crippen LogP contribution in [0.4, 0.5) is 13.2 Å². The Morgan fingerprint density at radius 3 is 2.42 bits per heavy atom. The van der Waals surface area contributed by atoms with Crippen LogP contribution in [0.15, 0.2) is 48.5 Å². The van der Waals surface area contributed by atoms with Gasteiger partial charge in [-0.15, -0.1) is 0 Å². The average molecular weight is 468 g/mol. The van der Waals surface area contributed by atoms with Crippen LogP contribution in [0.25, 0.3) is 11.1 Å². The summed E-state index contributed by atoms with van der Waals surface area (Å²) >= 11 is 0. The van der Waals surface area contributed by atoms with E-state index in [1.165, 1.54) is 6.07 Å². The zero-order valence-electron chi connectivity index (χ0n) is 18.5. The quantitative estimate of drug-likeness (QED) is 0.463. The number of likely N-dealkylation sites (tertiary alicyclic amines) is 1. The van der Waals surface area contributed by atoms with Gasteiger partial charge in [-0.05, 0) is 61.1 Å². The molecule has 0 unspecified atom stereocenters. The van der Waals surface area contributed by atoms with Gasteiger partial charge in [-0.1, -0.05) is 36.4 Å². The number of rotatable bonds is 10. The number of nitrogens with zero attached hydrogens (tertiary/aromatic N) is 1. The van der Waals surface area contributed by atoms with Crippen LogP contribution in [-0.4, -0.2) is 64.8 Å². The van der Waals surface area contributed by atoms with E-state index in [9.17, 15) is 28.5 Å². The monoisotopic (exact) mass is 467 g/mol. The van der Waals surface area contributed by atoms with Crippen molar-refractivity contribution >= 4 is 0 Å². The average Bonchev–Trinajstić information content (AvgIpc) is 2.80. The number of alkyl halides is 3. The van der Waals surface area contributed by atoms with Crippen molar-refractivity contribution in [3.05, 3.63) is 59.7 Å². The standard InChI is InChI=1S/C25H32F3NO4/c26-25(27,28)21-6-4-5-20(15-21)19-9-7-18(8-10-19)17-33-14-3-1-2-12-29-13-11-23(31)24(32)22(29)16-30/h4-10,15,22-24,30-32H,1-3,11-14,16-17H2/t22-,23+,24+/m0/s1. The molecule has 2 aromatic carbocycles. The molecule has 3 rings (SSSR count). The highest BCUT2D eigenvalue weighted by molar-refractivity contribution is 5.64. The van der Waals surface area contributed by atoms with E-state index in [2.05, 4.69) is 0 Å². The number of halogens is 3.